The van der Waals surface area contributed by atoms with E-state index in [0.717, 1.165) is 71.4 Å². The van der Waals surface area contributed by atoms with Gasteiger partial charge in [0.2, 0.25) is 0 Å². The van der Waals surface area contributed by atoms with Gasteiger partial charge in [0.05, 0.1) is 29.1 Å². The quantitative estimate of drug-likeness (QED) is 0.0248. The fourth-order valence-electron chi connectivity index (χ4n) is 10.6. The second kappa shape index (κ2) is 35.1. The summed E-state index contributed by atoms with van der Waals surface area (Å²) in [4.78, 5) is 51.6. The van der Waals surface area contributed by atoms with E-state index < -0.39 is 12.0 Å². The number of carbonyl (C=O) groups excluding carboxylic acids is 4. The first-order valence-corrected chi connectivity index (χ1v) is 31.4. The summed E-state index contributed by atoms with van der Waals surface area (Å²) in [6.45, 7) is 9.80. The van der Waals surface area contributed by atoms with Crippen molar-refractivity contribution in [2.75, 3.05) is 24.6 Å². The molecule has 460 valence electrons. The van der Waals surface area contributed by atoms with Gasteiger partial charge in [0.1, 0.15) is 28.7 Å². The van der Waals surface area contributed by atoms with Crippen LogP contribution in [0.15, 0.2) is 170 Å². The van der Waals surface area contributed by atoms with Crippen LogP contribution in [0.3, 0.4) is 0 Å². The Labute approximate surface area is 523 Å². The van der Waals surface area contributed by atoms with E-state index in [1.807, 2.05) is 117 Å². The Hall–Kier alpha value is -8.87. The number of phenolic OH excluding ortho intramolecular Hbond substituents is 3. The molecule has 0 heterocycles. The number of ether oxygens (including phenoxy) is 2. The lowest BCUT2D eigenvalue weighted by atomic mass is 10.0. The predicted octanol–water partition coefficient (Wildman–Crippen LogP) is 19.2. The zero-order chi connectivity index (χ0) is 62.6. The Bertz CT molecular complexity index is 3680. The molecule has 0 fully saturated rings. The number of anilines is 2. The lowest BCUT2D eigenvalue weighted by molar-refractivity contribution is 0.0941. The molecule has 9 aromatic carbocycles. The number of aryl methyl sites for hydroxylation is 3. The van der Waals surface area contributed by atoms with Crippen LogP contribution >= 0.6 is 11.6 Å². The van der Waals surface area contributed by atoms with Crippen molar-refractivity contribution < 1.29 is 44.0 Å². The Balaban J connectivity index is 0.000000220. The molecule has 0 radical (unpaired) electrons. The van der Waals surface area contributed by atoms with Crippen molar-refractivity contribution in [3.8, 4) is 28.7 Å². The van der Waals surface area contributed by atoms with E-state index >= 15 is 0 Å². The predicted molar refractivity (Wildman–Crippen MR) is 359 cm³/mol. The number of benzene rings is 9. The van der Waals surface area contributed by atoms with Gasteiger partial charge in [-0.3, -0.25) is 14.4 Å². The zero-order valence-electron chi connectivity index (χ0n) is 51.3. The van der Waals surface area contributed by atoms with Gasteiger partial charge in [-0.25, -0.2) is 9.69 Å². The Morgan fingerprint density at radius 1 is 0.466 bits per heavy atom. The van der Waals surface area contributed by atoms with Gasteiger partial charge >= 0.3 is 6.09 Å². The van der Waals surface area contributed by atoms with Gasteiger partial charge in [0, 0.05) is 50.6 Å². The minimum absolute atomic E-state index is 0.0457. The summed E-state index contributed by atoms with van der Waals surface area (Å²) in [6, 6.07) is 50.9. The molecular formula is C75H84ClN3O9. The number of nitrogens with one attached hydrogen (secondary N) is 2. The SMILES string of the molecule is CCCCCCCCCCCCCCCCNC(=O)c1cc(OC(=O)N(c2ccccc2)c2ccccc2)c2ccccc2c1O.Cc1ccc(OCCCCNC(=O)c2cc(Cl)c3ccccc3c2O)c(C)c1.Cc1ccc2c(C=O)cccc2c1O. The number of unbranched alkanes of at least 4 members (excludes halogenated alkanes) is 14. The second-order valence-electron chi connectivity index (χ2n) is 22.2. The van der Waals surface area contributed by atoms with Crippen molar-refractivity contribution in [2.24, 2.45) is 0 Å². The molecule has 12 nitrogen and oxygen atoms in total. The molecule has 0 saturated heterocycles. The number of carbonyl (C=O) groups is 4. The van der Waals surface area contributed by atoms with Crippen LogP contribution in [0, 0.1) is 20.8 Å². The average molecular weight is 1210 g/mol. The molecule has 3 amide bonds. The largest absolute Gasteiger partial charge is 0.507 e. The Morgan fingerprint density at radius 3 is 1.50 bits per heavy atom. The van der Waals surface area contributed by atoms with Crippen molar-refractivity contribution in [3.63, 3.8) is 0 Å². The summed E-state index contributed by atoms with van der Waals surface area (Å²) in [5.41, 5.74) is 5.33. The third-order valence-corrected chi connectivity index (χ3v) is 15.8. The van der Waals surface area contributed by atoms with Crippen LogP contribution in [0.5, 0.6) is 28.7 Å². The maximum absolute atomic E-state index is 13.7. The normalized spacial score (nSPS) is 10.8. The van der Waals surface area contributed by atoms with Crippen molar-refractivity contribution in [1.82, 2.24) is 10.6 Å². The summed E-state index contributed by atoms with van der Waals surface area (Å²) in [7, 11) is 0. The fourth-order valence-corrected chi connectivity index (χ4v) is 10.9. The fraction of sp³-hybridized carbons (Fsp3) is 0.307. The van der Waals surface area contributed by atoms with Gasteiger partial charge < -0.3 is 35.4 Å². The van der Waals surface area contributed by atoms with E-state index in [1.165, 1.54) is 93.2 Å². The maximum atomic E-state index is 13.7. The van der Waals surface area contributed by atoms with Crippen LogP contribution < -0.4 is 25.0 Å². The van der Waals surface area contributed by atoms with Gasteiger partial charge in [0.25, 0.3) is 11.8 Å². The summed E-state index contributed by atoms with van der Waals surface area (Å²) < 4.78 is 11.8. The number of amides is 3. The van der Waals surface area contributed by atoms with Crippen molar-refractivity contribution in [1.29, 1.82) is 0 Å². The number of rotatable bonds is 27. The topological polar surface area (TPSA) is 175 Å². The minimum atomic E-state index is -0.623. The third-order valence-electron chi connectivity index (χ3n) is 15.5. The van der Waals surface area contributed by atoms with Crippen LogP contribution in [0.4, 0.5) is 16.2 Å². The number of fused-ring (bicyclic) bond motifs is 3. The Morgan fingerprint density at radius 2 is 0.943 bits per heavy atom. The second-order valence-corrected chi connectivity index (χ2v) is 22.6. The van der Waals surface area contributed by atoms with Gasteiger partial charge in [-0.1, -0.05) is 235 Å². The number of hydrogen-bond acceptors (Lipinski definition) is 9. The zero-order valence-corrected chi connectivity index (χ0v) is 52.1. The van der Waals surface area contributed by atoms with E-state index in [-0.39, 0.29) is 40.0 Å². The molecule has 0 unspecified atom stereocenters. The molecule has 0 atom stereocenters. The van der Waals surface area contributed by atoms with Crippen LogP contribution in [-0.4, -0.2) is 59.2 Å². The van der Waals surface area contributed by atoms with Crippen LogP contribution in [0.25, 0.3) is 32.3 Å². The number of halogens is 1. The molecule has 88 heavy (non-hydrogen) atoms. The van der Waals surface area contributed by atoms with E-state index in [9.17, 15) is 34.5 Å². The van der Waals surface area contributed by atoms with Gasteiger partial charge in [0.15, 0.2) is 6.29 Å². The highest BCUT2D eigenvalue weighted by atomic mass is 35.5. The summed E-state index contributed by atoms with van der Waals surface area (Å²) >= 11 is 6.25. The van der Waals surface area contributed by atoms with Crippen molar-refractivity contribution in [2.45, 2.75) is 130 Å². The molecule has 9 rings (SSSR count). The molecule has 9 aromatic rings. The number of aromatic hydroxyl groups is 3. The standard InChI is InChI=1S/C40H50N2O4.C23H24ClNO3.C12H10O2/c1-2-3-4-5-6-7-8-9-10-11-12-13-14-23-30-41-39(44)36-31-37(34-28-21-22-29-35(34)38(36)43)46-40(45)42(32-24-17-15-18-25-32)33-26-19-16-20-27-33;1-15-9-10-21(16(2)13-15)28-12-6-5-11-25-23(27)19-14-20(24)17-7-3-4-8-18(17)22(19)26;1-8-5-6-10-9(7-13)3-2-4-11(10)12(8)14/h15-22,24-29,31,43H,2-14,23,30H2,1H3,(H,41,44);3-4,7-10,13-14,26H,5-6,11-12H2,1-2H3,(H,25,27);2-7,14H,1H3. The van der Waals surface area contributed by atoms with E-state index in [1.54, 1.807) is 48.5 Å². The van der Waals surface area contributed by atoms with E-state index in [2.05, 4.69) is 30.5 Å². The van der Waals surface area contributed by atoms with Gasteiger partial charge in [-0.15, -0.1) is 0 Å². The third kappa shape index (κ3) is 19.1. The number of aldehydes is 1. The van der Waals surface area contributed by atoms with E-state index in [0.29, 0.717) is 57.8 Å². The maximum Gasteiger partial charge on any atom is 0.424 e. The number of nitrogens with zero attached hydrogens (tertiary/aromatic N) is 1. The number of para-hydroxylation sites is 2. The Kier molecular flexibility index (Phi) is 26.6. The van der Waals surface area contributed by atoms with Gasteiger partial charge in [-0.05, 0) is 99.0 Å². The van der Waals surface area contributed by atoms with Crippen LogP contribution in [-0.2, 0) is 0 Å². The molecule has 0 aromatic heterocycles. The molecule has 0 aliphatic rings. The lowest BCUT2D eigenvalue weighted by Gasteiger charge is -2.23. The van der Waals surface area contributed by atoms with Crippen molar-refractivity contribution >= 4 is 79.5 Å². The van der Waals surface area contributed by atoms with E-state index in [4.69, 9.17) is 21.1 Å². The van der Waals surface area contributed by atoms with Gasteiger partial charge in [-0.2, -0.15) is 0 Å². The molecule has 0 bridgehead atoms. The monoisotopic (exact) mass is 1210 g/mol. The van der Waals surface area contributed by atoms with Crippen LogP contribution in [0.1, 0.15) is 157 Å². The highest BCUT2D eigenvalue weighted by Crippen LogP contribution is 2.38. The van der Waals surface area contributed by atoms with Crippen molar-refractivity contribution in [3.05, 3.63) is 208 Å². The number of hydrogen-bond donors (Lipinski definition) is 5. The highest BCUT2D eigenvalue weighted by molar-refractivity contribution is 6.36. The first-order chi connectivity index (χ1) is 42.8. The molecule has 0 spiro atoms. The summed E-state index contributed by atoms with van der Waals surface area (Å²) in [5.74, 6) is 0.458. The molecular weight excluding hydrogens is 1120 g/mol. The first kappa shape index (κ1) is 66.7. The lowest BCUT2D eigenvalue weighted by Crippen LogP contribution is -2.29. The summed E-state index contributed by atoms with van der Waals surface area (Å²) in [5, 5.41) is 41.3. The number of phenols is 3. The molecule has 0 aliphatic carbocycles. The molecule has 0 saturated carbocycles. The average Bonchev–Trinajstić information content (AvgIpc) is 1.28. The summed E-state index contributed by atoms with van der Waals surface area (Å²) in [6.07, 6.45) is 19.6. The molecule has 0 aliphatic heterocycles. The smallest absolute Gasteiger partial charge is 0.424 e. The highest BCUT2D eigenvalue weighted by Gasteiger charge is 2.24. The molecule has 5 N–H and O–H groups in total. The van der Waals surface area contributed by atoms with Crippen LogP contribution in [0.2, 0.25) is 5.02 Å². The minimum Gasteiger partial charge on any atom is -0.507 e. The first-order valence-electron chi connectivity index (χ1n) is 31.0. The molecule has 13 heteroatoms.